The van der Waals surface area contributed by atoms with Crippen LogP contribution in [0.2, 0.25) is 0 Å². The van der Waals surface area contributed by atoms with Gasteiger partial charge in [-0.05, 0) is 24.3 Å². The molecule has 1 aliphatic heterocycles. The molecule has 24 heavy (non-hydrogen) atoms. The zero-order chi connectivity index (χ0) is 16.9. The number of hydrogen-bond acceptors (Lipinski definition) is 5. The van der Waals surface area contributed by atoms with E-state index in [0.29, 0.717) is 41.9 Å². The number of likely N-dealkylation sites (N-methyl/N-ethyl adjacent to an activating group) is 1. The third-order valence-electron chi connectivity index (χ3n) is 3.71. The van der Waals surface area contributed by atoms with Crippen molar-refractivity contribution in [2.45, 2.75) is 0 Å². The van der Waals surface area contributed by atoms with Gasteiger partial charge in [0.15, 0.2) is 29.6 Å². The number of carbonyl (C=O) groups excluding carboxylic acids is 1. The van der Waals surface area contributed by atoms with Crippen LogP contribution in [0.5, 0.6) is 23.0 Å². The molecule has 0 bridgehead atoms. The molecule has 126 valence electrons. The number of carbonyl (C=O) groups is 1. The van der Waals surface area contributed by atoms with E-state index in [1.165, 1.54) is 4.90 Å². The number of benzene rings is 2. The number of anilines is 1. The molecule has 0 atom stereocenters. The molecule has 6 heteroatoms. The van der Waals surface area contributed by atoms with Crippen LogP contribution < -0.4 is 23.8 Å². The van der Waals surface area contributed by atoms with Crippen molar-refractivity contribution in [3.8, 4) is 23.0 Å². The molecule has 0 N–H and O–H groups in total. The van der Waals surface area contributed by atoms with Gasteiger partial charge in [0, 0.05) is 18.8 Å². The third kappa shape index (κ3) is 3.37. The first-order valence-corrected chi connectivity index (χ1v) is 7.61. The Morgan fingerprint density at radius 2 is 1.79 bits per heavy atom. The summed E-state index contributed by atoms with van der Waals surface area (Å²) in [6, 6.07) is 12.6. The SMILES string of the molecule is COc1ccccc1OCC(=O)N(C)c1ccc2c(c1)OCCO2. The number of amides is 1. The zero-order valence-corrected chi connectivity index (χ0v) is 13.7. The van der Waals surface area contributed by atoms with Gasteiger partial charge in [-0.3, -0.25) is 4.79 Å². The lowest BCUT2D eigenvalue weighted by atomic mass is 10.2. The molecular formula is C18H19NO5. The second-order valence-corrected chi connectivity index (χ2v) is 5.22. The molecule has 0 aliphatic carbocycles. The number of methoxy groups -OCH3 is 1. The Bertz CT molecular complexity index is 731. The molecule has 6 nitrogen and oxygen atoms in total. The van der Waals surface area contributed by atoms with E-state index in [2.05, 4.69) is 0 Å². The fourth-order valence-corrected chi connectivity index (χ4v) is 2.36. The van der Waals surface area contributed by atoms with Gasteiger partial charge in [-0.25, -0.2) is 0 Å². The Morgan fingerprint density at radius 3 is 2.54 bits per heavy atom. The lowest BCUT2D eigenvalue weighted by Gasteiger charge is -2.22. The van der Waals surface area contributed by atoms with E-state index in [4.69, 9.17) is 18.9 Å². The van der Waals surface area contributed by atoms with Crippen molar-refractivity contribution < 1.29 is 23.7 Å². The van der Waals surface area contributed by atoms with Crippen molar-refractivity contribution >= 4 is 11.6 Å². The fraction of sp³-hybridized carbons (Fsp3) is 0.278. The van der Waals surface area contributed by atoms with Crippen LogP contribution in [-0.4, -0.2) is 39.9 Å². The highest BCUT2D eigenvalue weighted by molar-refractivity contribution is 5.94. The van der Waals surface area contributed by atoms with Gasteiger partial charge in [-0.1, -0.05) is 12.1 Å². The second-order valence-electron chi connectivity index (χ2n) is 5.22. The number of fused-ring (bicyclic) bond motifs is 1. The molecule has 0 saturated carbocycles. The van der Waals surface area contributed by atoms with E-state index >= 15 is 0 Å². The number of hydrogen-bond donors (Lipinski definition) is 0. The summed E-state index contributed by atoms with van der Waals surface area (Å²) in [5.74, 6) is 2.27. The van der Waals surface area contributed by atoms with E-state index in [9.17, 15) is 4.79 Å². The van der Waals surface area contributed by atoms with Crippen LogP contribution in [0, 0.1) is 0 Å². The Labute approximate surface area is 140 Å². The Morgan fingerprint density at radius 1 is 1.08 bits per heavy atom. The van der Waals surface area contributed by atoms with E-state index in [0.717, 1.165) is 0 Å². The van der Waals surface area contributed by atoms with Gasteiger partial charge in [0.2, 0.25) is 0 Å². The number of ether oxygens (including phenoxy) is 4. The quantitative estimate of drug-likeness (QED) is 0.843. The highest BCUT2D eigenvalue weighted by Gasteiger charge is 2.17. The molecule has 2 aromatic carbocycles. The molecule has 0 radical (unpaired) electrons. The highest BCUT2D eigenvalue weighted by atomic mass is 16.6. The zero-order valence-electron chi connectivity index (χ0n) is 13.7. The molecular weight excluding hydrogens is 310 g/mol. The van der Waals surface area contributed by atoms with Crippen molar-refractivity contribution in [3.05, 3.63) is 42.5 Å². The van der Waals surface area contributed by atoms with E-state index in [1.807, 2.05) is 18.2 Å². The lowest BCUT2D eigenvalue weighted by Crippen LogP contribution is -2.31. The molecule has 0 spiro atoms. The maximum atomic E-state index is 12.4. The summed E-state index contributed by atoms with van der Waals surface area (Å²) in [6.45, 7) is 0.949. The van der Waals surface area contributed by atoms with E-state index in [1.54, 1.807) is 38.4 Å². The Balaban J connectivity index is 1.66. The van der Waals surface area contributed by atoms with Crippen LogP contribution in [0.4, 0.5) is 5.69 Å². The van der Waals surface area contributed by atoms with E-state index < -0.39 is 0 Å². The van der Waals surface area contributed by atoms with Crippen LogP contribution in [0.15, 0.2) is 42.5 Å². The summed E-state index contributed by atoms with van der Waals surface area (Å²) in [7, 11) is 3.25. The average molecular weight is 329 g/mol. The molecule has 1 heterocycles. The molecule has 0 aromatic heterocycles. The van der Waals surface area contributed by atoms with Crippen LogP contribution in [0.3, 0.4) is 0 Å². The van der Waals surface area contributed by atoms with Gasteiger partial charge >= 0.3 is 0 Å². The Kier molecular flexibility index (Phi) is 4.74. The predicted octanol–water partition coefficient (Wildman–Crippen LogP) is 2.51. The number of nitrogens with zero attached hydrogens (tertiary/aromatic N) is 1. The fourth-order valence-electron chi connectivity index (χ4n) is 2.36. The van der Waals surface area contributed by atoms with Gasteiger partial charge in [-0.2, -0.15) is 0 Å². The van der Waals surface area contributed by atoms with E-state index in [-0.39, 0.29) is 12.5 Å². The summed E-state index contributed by atoms with van der Waals surface area (Å²) in [4.78, 5) is 13.9. The Hall–Kier alpha value is -2.89. The molecule has 0 fully saturated rings. The predicted molar refractivity (Wildman–Crippen MR) is 89.3 cm³/mol. The van der Waals surface area contributed by atoms with Crippen molar-refractivity contribution in [2.75, 3.05) is 38.9 Å². The maximum Gasteiger partial charge on any atom is 0.264 e. The monoisotopic (exact) mass is 329 g/mol. The summed E-state index contributed by atoms with van der Waals surface area (Å²) in [5, 5.41) is 0. The topological polar surface area (TPSA) is 57.2 Å². The van der Waals surface area contributed by atoms with Crippen molar-refractivity contribution in [1.29, 1.82) is 0 Å². The van der Waals surface area contributed by atoms with Gasteiger partial charge in [-0.15, -0.1) is 0 Å². The number of para-hydroxylation sites is 2. The third-order valence-corrected chi connectivity index (χ3v) is 3.71. The van der Waals surface area contributed by atoms with Crippen molar-refractivity contribution in [1.82, 2.24) is 0 Å². The average Bonchev–Trinajstić information content (AvgIpc) is 2.65. The molecule has 1 amide bonds. The molecule has 2 aromatic rings. The standard InChI is InChI=1S/C18H19NO5/c1-19(13-7-8-16-17(11-13)23-10-9-22-16)18(20)12-24-15-6-4-3-5-14(15)21-2/h3-8,11H,9-10,12H2,1-2H3. The van der Waals surface area contributed by atoms with Gasteiger partial charge in [0.25, 0.3) is 5.91 Å². The van der Waals surface area contributed by atoms with Gasteiger partial charge in [0.1, 0.15) is 13.2 Å². The minimum absolute atomic E-state index is 0.0919. The lowest BCUT2D eigenvalue weighted by molar-refractivity contribution is -0.120. The molecule has 0 unspecified atom stereocenters. The van der Waals surface area contributed by atoms with Gasteiger partial charge in [0.05, 0.1) is 7.11 Å². The first kappa shape index (κ1) is 16.0. The van der Waals surface area contributed by atoms with Crippen LogP contribution in [0.1, 0.15) is 0 Å². The molecule has 0 saturated heterocycles. The smallest absolute Gasteiger partial charge is 0.264 e. The minimum Gasteiger partial charge on any atom is -0.493 e. The summed E-state index contributed by atoms with van der Waals surface area (Å²) >= 11 is 0. The van der Waals surface area contributed by atoms with Crippen molar-refractivity contribution in [3.63, 3.8) is 0 Å². The molecule has 3 rings (SSSR count). The first-order valence-electron chi connectivity index (χ1n) is 7.61. The van der Waals surface area contributed by atoms with Crippen LogP contribution >= 0.6 is 0 Å². The van der Waals surface area contributed by atoms with Crippen LogP contribution in [0.25, 0.3) is 0 Å². The number of rotatable bonds is 5. The first-order chi connectivity index (χ1) is 11.7. The summed E-state index contributed by atoms with van der Waals surface area (Å²) < 4.78 is 21.8. The van der Waals surface area contributed by atoms with Crippen LogP contribution in [-0.2, 0) is 4.79 Å². The second kappa shape index (κ2) is 7.12. The van der Waals surface area contributed by atoms with Gasteiger partial charge < -0.3 is 23.8 Å². The summed E-state index contributed by atoms with van der Waals surface area (Å²) in [5.41, 5.74) is 0.716. The normalized spacial score (nSPS) is 12.4. The minimum atomic E-state index is -0.183. The van der Waals surface area contributed by atoms with Crippen molar-refractivity contribution in [2.24, 2.45) is 0 Å². The molecule has 1 aliphatic rings. The highest BCUT2D eigenvalue weighted by Crippen LogP contribution is 2.33. The largest absolute Gasteiger partial charge is 0.493 e. The summed E-state index contributed by atoms with van der Waals surface area (Å²) in [6.07, 6.45) is 0. The maximum absolute atomic E-state index is 12.4.